The average molecular weight is 888 g/mol. The van der Waals surface area contributed by atoms with Gasteiger partial charge in [0.15, 0.2) is 6.29 Å². The molecule has 0 bridgehead atoms. The third-order valence-electron chi connectivity index (χ3n) is 12.5. The van der Waals surface area contributed by atoms with Crippen LogP contribution in [-0.4, -0.2) is 52.1 Å². The van der Waals surface area contributed by atoms with Gasteiger partial charge in [-0.3, -0.25) is 4.90 Å². The molecule has 0 saturated carbocycles. The van der Waals surface area contributed by atoms with E-state index in [1.807, 2.05) is 0 Å². The highest BCUT2D eigenvalue weighted by atomic mass is 28.4. The molecule has 358 valence electrons. The molecule has 0 aromatic heterocycles. The van der Waals surface area contributed by atoms with Gasteiger partial charge in [-0.25, -0.2) is 0 Å². The van der Waals surface area contributed by atoms with Gasteiger partial charge in [0.1, 0.15) is 17.1 Å². The molecule has 0 N–H and O–H groups in total. The van der Waals surface area contributed by atoms with Crippen molar-refractivity contribution in [1.29, 1.82) is 0 Å². The van der Waals surface area contributed by atoms with E-state index in [-0.39, 0.29) is 11.9 Å². The number of terminal acetylenes is 1. The highest BCUT2D eigenvalue weighted by Gasteiger charge is 2.33. The van der Waals surface area contributed by atoms with E-state index >= 15 is 0 Å². The molecule has 6 heteroatoms. The lowest BCUT2D eigenvalue weighted by Gasteiger charge is -2.37. The van der Waals surface area contributed by atoms with Crippen molar-refractivity contribution < 1.29 is 18.3 Å². The molecule has 0 radical (unpaired) electrons. The highest BCUT2D eigenvalue weighted by molar-refractivity contribution is 6.64. The Balaban J connectivity index is 1.93. The smallest absolute Gasteiger partial charge is 0.334 e. The molecule has 2 unspecified atom stereocenters. The molecular weight excluding hydrogens is 791 g/mol. The fraction of sp³-hybridized carbons (Fsp3) is 0.719. The van der Waals surface area contributed by atoms with E-state index in [4.69, 9.17) is 24.7 Å². The number of ether oxygens (including phenoxy) is 2. The summed E-state index contributed by atoms with van der Waals surface area (Å²) in [5.74, 6) is 4.66. The Morgan fingerprint density at radius 3 is 2.08 bits per heavy atom. The highest BCUT2D eigenvalue weighted by Crippen LogP contribution is 2.40. The summed E-state index contributed by atoms with van der Waals surface area (Å²) in [4.78, 5) is 2.21. The van der Waals surface area contributed by atoms with Gasteiger partial charge in [0, 0.05) is 13.0 Å². The lowest BCUT2D eigenvalue weighted by atomic mass is 9.87. The summed E-state index contributed by atoms with van der Waals surface area (Å²) in [5, 5.41) is 0. The van der Waals surface area contributed by atoms with Crippen molar-refractivity contribution >= 4 is 8.56 Å². The molecular formula is C57H97NO4Si. The summed E-state index contributed by atoms with van der Waals surface area (Å²) in [6.07, 6.45) is 48.0. The van der Waals surface area contributed by atoms with Gasteiger partial charge < -0.3 is 18.3 Å². The van der Waals surface area contributed by atoms with Crippen molar-refractivity contribution in [3.8, 4) is 23.8 Å². The third kappa shape index (κ3) is 28.2. The van der Waals surface area contributed by atoms with E-state index in [1.54, 1.807) is 0 Å². The molecule has 0 aliphatic carbocycles. The minimum Gasteiger partial charge on any atom is -0.487 e. The first-order chi connectivity index (χ1) is 30.3. The lowest BCUT2D eigenvalue weighted by molar-refractivity contribution is -0.0308. The molecule has 1 aromatic carbocycles. The van der Waals surface area contributed by atoms with Crippen molar-refractivity contribution in [2.75, 3.05) is 26.7 Å². The fourth-order valence-corrected chi connectivity index (χ4v) is 9.97. The number of fused-ring (bicyclic) bond motifs is 1. The monoisotopic (exact) mass is 888 g/mol. The Hall–Kier alpha value is -2.56. The molecule has 5 nitrogen and oxygen atoms in total. The van der Waals surface area contributed by atoms with Gasteiger partial charge in [0.25, 0.3) is 0 Å². The number of allylic oxidation sites excluding steroid dienone is 8. The first-order valence-electron chi connectivity index (χ1n) is 25.8. The maximum atomic E-state index is 6.84. The van der Waals surface area contributed by atoms with Crippen LogP contribution >= 0.6 is 0 Å². The zero-order valence-electron chi connectivity index (χ0n) is 42.8. The molecule has 2 atom stereocenters. The first kappa shape index (κ1) is 56.6. The number of nitrogens with zero attached hydrogens (tertiary/aromatic N) is 1. The second-order valence-corrected chi connectivity index (χ2v) is 23.2. The van der Waals surface area contributed by atoms with Crippen LogP contribution in [0.5, 0.6) is 11.5 Å². The quantitative estimate of drug-likeness (QED) is 0.0219. The van der Waals surface area contributed by atoms with Crippen molar-refractivity contribution in [1.82, 2.24) is 4.90 Å². The van der Waals surface area contributed by atoms with Gasteiger partial charge in [0.2, 0.25) is 0 Å². The fourth-order valence-electron chi connectivity index (χ4n) is 8.46. The zero-order valence-corrected chi connectivity index (χ0v) is 43.8. The van der Waals surface area contributed by atoms with Gasteiger partial charge in [-0.2, -0.15) is 0 Å². The van der Waals surface area contributed by atoms with E-state index in [9.17, 15) is 0 Å². The maximum absolute atomic E-state index is 6.84. The number of unbranched alkanes of at least 4 members (excludes halogenated alkanes) is 14. The lowest BCUT2D eigenvalue weighted by Crippen LogP contribution is -2.41. The summed E-state index contributed by atoms with van der Waals surface area (Å²) in [6.45, 7) is 22.5. The number of hydrogen-bond acceptors (Lipinski definition) is 5. The van der Waals surface area contributed by atoms with Crippen molar-refractivity contribution in [2.45, 2.75) is 240 Å². The van der Waals surface area contributed by atoms with Gasteiger partial charge in [-0.05, 0) is 188 Å². The molecule has 1 aliphatic heterocycles. The van der Waals surface area contributed by atoms with Gasteiger partial charge >= 0.3 is 8.56 Å². The largest absolute Gasteiger partial charge is 0.487 e. The summed E-state index contributed by atoms with van der Waals surface area (Å²) in [5.41, 5.74) is 6.61. The Morgan fingerprint density at radius 2 is 1.41 bits per heavy atom. The van der Waals surface area contributed by atoms with Crippen LogP contribution in [0.15, 0.2) is 59.2 Å². The minimum atomic E-state index is -2.43. The third-order valence-corrected chi connectivity index (χ3v) is 14.2. The van der Waals surface area contributed by atoms with Crippen molar-refractivity contribution in [3.05, 3.63) is 70.4 Å². The van der Waals surface area contributed by atoms with E-state index in [0.717, 1.165) is 107 Å². The number of benzene rings is 1. The van der Waals surface area contributed by atoms with Crippen LogP contribution in [0.3, 0.4) is 0 Å². The Morgan fingerprint density at radius 1 is 0.810 bits per heavy atom. The molecule has 1 aliphatic rings. The maximum Gasteiger partial charge on any atom is 0.334 e. The van der Waals surface area contributed by atoms with Gasteiger partial charge in [0.05, 0.1) is 6.54 Å². The van der Waals surface area contributed by atoms with E-state index in [0.29, 0.717) is 6.54 Å². The van der Waals surface area contributed by atoms with Crippen LogP contribution in [0.2, 0.25) is 13.1 Å². The van der Waals surface area contributed by atoms with Gasteiger partial charge in [-0.15, -0.1) is 6.42 Å². The summed E-state index contributed by atoms with van der Waals surface area (Å²) >= 11 is 0. The Labute approximate surface area is 391 Å². The molecule has 63 heavy (non-hydrogen) atoms. The first-order valence-corrected chi connectivity index (χ1v) is 28.6. The molecule has 0 spiro atoms. The number of hydrogen-bond donors (Lipinski definition) is 0. The molecule has 0 saturated heterocycles. The van der Waals surface area contributed by atoms with Crippen LogP contribution in [-0.2, 0) is 15.3 Å². The average Bonchev–Trinajstić information content (AvgIpc) is 3.22. The van der Waals surface area contributed by atoms with Crippen LogP contribution < -0.4 is 9.47 Å². The second kappa shape index (κ2) is 33.8. The molecule has 0 amide bonds. The van der Waals surface area contributed by atoms with E-state index in [2.05, 4.69) is 122 Å². The predicted molar refractivity (Wildman–Crippen MR) is 276 cm³/mol. The zero-order chi connectivity index (χ0) is 46.2. The Bertz CT molecular complexity index is 1530. The van der Waals surface area contributed by atoms with Crippen LogP contribution in [0.25, 0.3) is 0 Å². The van der Waals surface area contributed by atoms with Crippen molar-refractivity contribution in [3.63, 3.8) is 0 Å². The summed E-state index contributed by atoms with van der Waals surface area (Å²) < 4.78 is 26.9. The minimum absolute atomic E-state index is 0.168. The van der Waals surface area contributed by atoms with Crippen LogP contribution in [0.1, 0.15) is 213 Å². The molecule has 2 rings (SSSR count). The summed E-state index contributed by atoms with van der Waals surface area (Å²) in [6, 6.07) is 4.38. The van der Waals surface area contributed by atoms with Gasteiger partial charge in [-0.1, -0.05) is 124 Å². The molecule has 1 aromatic rings. The molecule has 1 heterocycles. The second-order valence-electron chi connectivity index (χ2n) is 19.9. The SMILES string of the molecule is C#CCN(C)CCCCCCO[Si](C)(C)OC(CCCCCCC/C=C\CCCCCCCC)Oc1cc(C)c2c(c1)CCC(C)(CC/C=C(\C)CC/C=C(\C)CCC=C(C)C)O2. The normalized spacial score (nSPS) is 16.3. The number of rotatable bonds is 37. The number of aryl methyl sites for hydroxylation is 2. The van der Waals surface area contributed by atoms with E-state index < -0.39 is 8.56 Å². The topological polar surface area (TPSA) is 40.2 Å². The van der Waals surface area contributed by atoms with Crippen LogP contribution in [0.4, 0.5) is 0 Å². The van der Waals surface area contributed by atoms with E-state index in [1.165, 1.54) is 112 Å². The summed E-state index contributed by atoms with van der Waals surface area (Å²) in [7, 11) is -0.333. The standard InChI is InChI=1S/C57H97NO4Si/c1-12-14-15-16-17-18-19-20-21-22-23-24-25-26-29-40-55(62-63(10,11)59-46-31-28-27-30-45-58(9)44-13-2)60-54-47-52(7)56-53(48-54)41-43-57(8,61-56)42-34-39-51(6)38-33-37-50(5)36-32-35-49(3)4/h2,20-21,35,37,39,47-48,55H,12,14-19,22-34,36,38,40-46H2,1,3-11H3/b21-20-,50-37+,51-39+. The van der Waals surface area contributed by atoms with Crippen molar-refractivity contribution in [2.24, 2.45) is 0 Å². The Kier molecular flexibility index (Phi) is 30.4. The predicted octanol–water partition coefficient (Wildman–Crippen LogP) is 16.9. The molecule has 0 fully saturated rings. The van der Waals surface area contributed by atoms with Crippen LogP contribution in [0, 0.1) is 19.3 Å².